The third-order valence-corrected chi connectivity index (χ3v) is 9.90. The van der Waals surface area contributed by atoms with Crippen LogP contribution in [0.15, 0.2) is 45.7 Å². The molecule has 0 saturated heterocycles. The van der Waals surface area contributed by atoms with E-state index in [1.807, 2.05) is 0 Å². The number of quaternary nitrogens is 1. The van der Waals surface area contributed by atoms with Crippen LogP contribution in [0.1, 0.15) is 38.8 Å². The molecule has 3 rings (SSSR count). The predicted octanol–water partition coefficient (Wildman–Crippen LogP) is 5.46. The van der Waals surface area contributed by atoms with Crippen LogP contribution in [0.4, 0.5) is 26.3 Å². The molecular weight excluding hydrogens is 546 g/mol. The number of halogens is 6. The fourth-order valence-corrected chi connectivity index (χ4v) is 6.56. The van der Waals surface area contributed by atoms with Crippen molar-refractivity contribution in [1.82, 2.24) is 0 Å². The first-order valence-electron chi connectivity index (χ1n) is 11.2. The zero-order chi connectivity index (χ0) is 28.6. The third-order valence-electron chi connectivity index (χ3n) is 6.69. The van der Waals surface area contributed by atoms with Crippen molar-refractivity contribution in [1.29, 1.82) is 5.41 Å². The zero-order valence-corrected chi connectivity index (χ0v) is 22.1. The molecular formula is C23H27F6N2O4S2+. The van der Waals surface area contributed by atoms with E-state index in [0.717, 1.165) is 6.08 Å². The van der Waals surface area contributed by atoms with Crippen molar-refractivity contribution in [3.63, 3.8) is 0 Å². The number of nitrogens with one attached hydrogen (secondary N) is 1. The maximum atomic E-state index is 13.0. The molecule has 0 fully saturated rings. The van der Waals surface area contributed by atoms with E-state index in [1.165, 1.54) is 54.9 Å². The summed E-state index contributed by atoms with van der Waals surface area (Å²) in [6.45, 7) is 14.2. The Bertz CT molecular complexity index is 1370. The normalized spacial score (nSPS) is 16.4. The van der Waals surface area contributed by atoms with Gasteiger partial charge in [0, 0.05) is 5.57 Å². The van der Waals surface area contributed by atoms with Gasteiger partial charge in [0.2, 0.25) is 0 Å². The molecule has 0 bridgehead atoms. The summed E-state index contributed by atoms with van der Waals surface area (Å²) in [6, 6.07) is 5.69. The van der Waals surface area contributed by atoms with E-state index >= 15 is 0 Å². The minimum Gasteiger partial charge on any atom is -0.325 e. The minimum absolute atomic E-state index is 0.153. The van der Waals surface area contributed by atoms with Crippen LogP contribution >= 0.6 is 0 Å². The average Bonchev–Trinajstić information content (AvgIpc) is 3.19. The lowest BCUT2D eigenvalue weighted by atomic mass is 9.95. The Labute approximate surface area is 211 Å². The lowest BCUT2D eigenvalue weighted by molar-refractivity contribution is -0.921. The van der Waals surface area contributed by atoms with Gasteiger partial charge < -0.3 is 4.48 Å². The smallest absolute Gasteiger partial charge is 0.325 e. The molecule has 1 aromatic rings. The van der Waals surface area contributed by atoms with Crippen LogP contribution in [0.3, 0.4) is 0 Å². The summed E-state index contributed by atoms with van der Waals surface area (Å²) >= 11 is 0. The van der Waals surface area contributed by atoms with Crippen molar-refractivity contribution in [2.45, 2.75) is 38.7 Å². The van der Waals surface area contributed by atoms with Crippen LogP contribution in [-0.2, 0) is 19.7 Å². The second-order valence-electron chi connectivity index (χ2n) is 8.28. The number of fused-ring (bicyclic) bond motifs is 3. The SMILES string of the molecule is CC[N+](CC)(CC)CC.N=C1C2=Cc3ccccc3C2=CC(S(=O)(=O)C(F)(F)F)=C1S(=O)(=O)C(F)(F)F. The molecule has 37 heavy (non-hydrogen) atoms. The Hall–Kier alpha value is -2.45. The molecule has 0 spiro atoms. The second-order valence-corrected chi connectivity index (χ2v) is 12.1. The molecule has 0 aromatic heterocycles. The van der Waals surface area contributed by atoms with Gasteiger partial charge in [0.05, 0.1) is 36.8 Å². The van der Waals surface area contributed by atoms with E-state index < -0.39 is 51.8 Å². The van der Waals surface area contributed by atoms with Crippen molar-refractivity contribution in [2.24, 2.45) is 0 Å². The summed E-state index contributed by atoms with van der Waals surface area (Å²) in [5, 5.41) is 7.82. The van der Waals surface area contributed by atoms with Gasteiger partial charge in [0.25, 0.3) is 19.7 Å². The molecule has 0 amide bonds. The van der Waals surface area contributed by atoms with Gasteiger partial charge in [-0.1, -0.05) is 24.3 Å². The molecule has 0 heterocycles. The predicted molar refractivity (Wildman–Crippen MR) is 130 cm³/mol. The lowest BCUT2D eigenvalue weighted by Gasteiger charge is -2.34. The van der Waals surface area contributed by atoms with E-state index in [1.54, 1.807) is 0 Å². The van der Waals surface area contributed by atoms with Crippen molar-refractivity contribution in [2.75, 3.05) is 26.2 Å². The number of hydrogen-bond acceptors (Lipinski definition) is 5. The van der Waals surface area contributed by atoms with Crippen molar-refractivity contribution in [3.8, 4) is 0 Å². The van der Waals surface area contributed by atoms with Gasteiger partial charge in [-0.05, 0) is 56.5 Å². The van der Waals surface area contributed by atoms with Gasteiger partial charge in [-0.2, -0.15) is 26.3 Å². The van der Waals surface area contributed by atoms with Crippen LogP contribution in [-0.4, -0.2) is 64.2 Å². The first kappa shape index (κ1) is 30.8. The molecule has 0 saturated carbocycles. The van der Waals surface area contributed by atoms with Gasteiger partial charge in [0.15, 0.2) is 0 Å². The standard InChI is InChI=1S/C15H7F6NO4S2.C8H20N/c16-14(17,18)27(23,24)11-6-9-8-4-2-1-3-7(8)5-10(9)12(22)13(11)28(25,26)15(19,20)21;1-5-9(6-2,7-3)8-4/h1-6,22H;5-8H2,1-4H3/q;+1. The monoisotopic (exact) mass is 573 g/mol. The number of rotatable bonds is 6. The largest absolute Gasteiger partial charge is 0.502 e. The van der Waals surface area contributed by atoms with Crippen LogP contribution < -0.4 is 0 Å². The van der Waals surface area contributed by atoms with Gasteiger partial charge in [-0.25, -0.2) is 16.8 Å². The van der Waals surface area contributed by atoms with Crippen LogP contribution in [0, 0.1) is 5.41 Å². The van der Waals surface area contributed by atoms with E-state index in [4.69, 9.17) is 5.41 Å². The van der Waals surface area contributed by atoms with E-state index in [2.05, 4.69) is 27.7 Å². The lowest BCUT2D eigenvalue weighted by Crippen LogP contribution is -2.47. The number of benzene rings is 1. The molecule has 6 nitrogen and oxygen atoms in total. The molecule has 0 aliphatic heterocycles. The summed E-state index contributed by atoms with van der Waals surface area (Å²) in [5.41, 5.74) is -13.9. The highest BCUT2D eigenvalue weighted by Crippen LogP contribution is 2.47. The van der Waals surface area contributed by atoms with Crippen LogP contribution in [0.25, 0.3) is 11.6 Å². The highest BCUT2D eigenvalue weighted by molar-refractivity contribution is 8.00. The highest BCUT2D eigenvalue weighted by atomic mass is 32.2. The summed E-state index contributed by atoms with van der Waals surface area (Å²) < 4.78 is 127. The number of nitrogens with zero attached hydrogens (tertiary/aromatic N) is 1. The molecule has 1 aromatic carbocycles. The second kappa shape index (κ2) is 10.4. The Balaban J connectivity index is 0.000000458. The topological polar surface area (TPSA) is 92.1 Å². The number of hydrogen-bond donors (Lipinski definition) is 1. The first-order valence-corrected chi connectivity index (χ1v) is 14.2. The molecule has 206 valence electrons. The average molecular weight is 574 g/mol. The number of alkyl halides is 6. The minimum atomic E-state index is -6.58. The summed E-state index contributed by atoms with van der Waals surface area (Å²) in [4.78, 5) is -4.38. The van der Waals surface area contributed by atoms with Crippen LogP contribution in [0.5, 0.6) is 0 Å². The van der Waals surface area contributed by atoms with Gasteiger partial charge in [-0.15, -0.1) is 0 Å². The van der Waals surface area contributed by atoms with E-state index in [9.17, 15) is 43.2 Å². The maximum Gasteiger partial charge on any atom is 0.502 e. The molecule has 0 atom stereocenters. The quantitative estimate of drug-likeness (QED) is 0.361. The van der Waals surface area contributed by atoms with Crippen molar-refractivity contribution < 1.29 is 47.7 Å². The fraction of sp³-hybridized carbons (Fsp3) is 0.435. The van der Waals surface area contributed by atoms with Gasteiger partial charge in [0.1, 0.15) is 4.91 Å². The Morgan fingerprint density at radius 3 is 1.59 bits per heavy atom. The molecule has 1 N–H and O–H groups in total. The van der Waals surface area contributed by atoms with Crippen molar-refractivity contribution >= 4 is 37.0 Å². The Kier molecular flexibility index (Phi) is 8.62. The summed E-state index contributed by atoms with van der Waals surface area (Å²) in [6.07, 6.45) is 1.32. The van der Waals surface area contributed by atoms with Crippen molar-refractivity contribution in [3.05, 3.63) is 56.9 Å². The molecule has 2 aliphatic carbocycles. The fourth-order valence-electron chi connectivity index (χ4n) is 4.10. The maximum absolute atomic E-state index is 13.0. The number of allylic oxidation sites excluding steroid dienone is 4. The third kappa shape index (κ3) is 5.41. The summed E-state index contributed by atoms with van der Waals surface area (Å²) in [5.74, 6) is 0. The Morgan fingerprint density at radius 1 is 0.730 bits per heavy atom. The Morgan fingerprint density at radius 2 is 1.19 bits per heavy atom. The van der Waals surface area contributed by atoms with Gasteiger partial charge in [-0.3, -0.25) is 5.41 Å². The van der Waals surface area contributed by atoms with Crippen LogP contribution in [0.2, 0.25) is 0 Å². The van der Waals surface area contributed by atoms with E-state index in [-0.39, 0.29) is 22.8 Å². The summed E-state index contributed by atoms with van der Waals surface area (Å²) in [7, 11) is -13.1. The molecule has 0 radical (unpaired) electrons. The first-order chi connectivity index (χ1) is 16.8. The van der Waals surface area contributed by atoms with Gasteiger partial charge >= 0.3 is 11.0 Å². The van der Waals surface area contributed by atoms with E-state index in [0.29, 0.717) is 0 Å². The number of sulfone groups is 2. The molecule has 14 heteroatoms. The zero-order valence-electron chi connectivity index (χ0n) is 20.5. The molecule has 0 unspecified atom stereocenters. The molecule has 2 aliphatic rings. The highest BCUT2D eigenvalue weighted by Gasteiger charge is 2.57.